The minimum Gasteiger partial charge on any atom is -0.480 e. The van der Waals surface area contributed by atoms with E-state index >= 15 is 0 Å². The van der Waals surface area contributed by atoms with Crippen LogP contribution in [0.25, 0.3) is 0 Å². The number of benzene rings is 3. The van der Waals surface area contributed by atoms with Crippen molar-refractivity contribution in [2.75, 3.05) is 5.32 Å². The van der Waals surface area contributed by atoms with Gasteiger partial charge >= 0.3 is 0 Å². The van der Waals surface area contributed by atoms with Crippen LogP contribution in [0.5, 0.6) is 5.75 Å². The van der Waals surface area contributed by atoms with Gasteiger partial charge in [0, 0.05) is 16.3 Å². The monoisotopic (exact) mass is 419 g/mol. The van der Waals surface area contributed by atoms with Gasteiger partial charge in [-0.15, -0.1) is 11.8 Å². The first-order valence-corrected chi connectivity index (χ1v) is 11.3. The Hall–Kier alpha value is -2.72. The molecule has 0 aliphatic rings. The Morgan fingerprint density at radius 2 is 1.73 bits per heavy atom. The second-order valence-corrected chi connectivity index (χ2v) is 8.50. The number of carbonyl (C=O) groups excluding carboxylic acids is 1. The number of amides is 1. The molecule has 3 nitrogen and oxygen atoms in total. The van der Waals surface area contributed by atoms with Gasteiger partial charge < -0.3 is 10.1 Å². The molecule has 156 valence electrons. The normalized spacial score (nSPS) is 11.7. The van der Waals surface area contributed by atoms with Crippen LogP contribution in [-0.4, -0.2) is 12.0 Å². The predicted molar refractivity (Wildman–Crippen MR) is 126 cm³/mol. The molecular weight excluding hydrogens is 390 g/mol. The Morgan fingerprint density at radius 1 is 0.967 bits per heavy atom. The molecule has 3 aromatic rings. The Labute approximate surface area is 183 Å². The number of hydrogen-bond acceptors (Lipinski definition) is 3. The first-order chi connectivity index (χ1) is 14.5. The predicted octanol–water partition coefficient (Wildman–Crippen LogP) is 6.70. The van der Waals surface area contributed by atoms with E-state index in [1.54, 1.807) is 11.8 Å². The van der Waals surface area contributed by atoms with Gasteiger partial charge in [0.25, 0.3) is 5.91 Å². The maximum absolute atomic E-state index is 12.9. The Balaban J connectivity index is 1.64. The molecule has 3 rings (SSSR count). The van der Waals surface area contributed by atoms with Crippen molar-refractivity contribution < 1.29 is 9.53 Å². The Bertz CT molecular complexity index is 1000. The number of carbonyl (C=O) groups is 1. The molecule has 1 N–H and O–H groups in total. The zero-order chi connectivity index (χ0) is 21.5. The van der Waals surface area contributed by atoms with E-state index in [1.165, 1.54) is 10.5 Å². The van der Waals surface area contributed by atoms with Crippen molar-refractivity contribution in [2.45, 2.75) is 50.9 Å². The third kappa shape index (κ3) is 5.67. The number of thioether (sulfide) groups is 1. The van der Waals surface area contributed by atoms with Gasteiger partial charge in [-0.1, -0.05) is 49.4 Å². The van der Waals surface area contributed by atoms with Gasteiger partial charge in [-0.05, 0) is 73.7 Å². The van der Waals surface area contributed by atoms with E-state index in [2.05, 4.69) is 41.7 Å². The zero-order valence-electron chi connectivity index (χ0n) is 18.1. The first-order valence-electron chi connectivity index (χ1n) is 10.3. The van der Waals surface area contributed by atoms with Crippen LogP contribution in [0.1, 0.15) is 35.6 Å². The average molecular weight is 420 g/mol. The van der Waals surface area contributed by atoms with Gasteiger partial charge in [-0.2, -0.15) is 0 Å². The second-order valence-electron chi connectivity index (χ2n) is 7.45. The van der Waals surface area contributed by atoms with Crippen LogP contribution in [0.2, 0.25) is 0 Å². The summed E-state index contributed by atoms with van der Waals surface area (Å²) >= 11 is 1.81. The molecule has 0 aliphatic carbocycles. The molecule has 0 unspecified atom stereocenters. The number of nitrogens with one attached hydrogen (secondary N) is 1. The molecule has 0 radical (unpaired) electrons. The molecule has 1 atom stereocenters. The molecule has 3 aromatic carbocycles. The van der Waals surface area contributed by atoms with Crippen LogP contribution in [0, 0.1) is 20.8 Å². The lowest BCUT2D eigenvalue weighted by Crippen LogP contribution is -2.32. The van der Waals surface area contributed by atoms with E-state index in [4.69, 9.17) is 4.74 Å². The van der Waals surface area contributed by atoms with E-state index in [-0.39, 0.29) is 5.91 Å². The summed E-state index contributed by atoms with van der Waals surface area (Å²) in [5, 5.41) is 3.05. The van der Waals surface area contributed by atoms with Crippen LogP contribution in [0.4, 0.5) is 5.69 Å². The number of ether oxygens (including phenoxy) is 1. The maximum Gasteiger partial charge on any atom is 0.265 e. The molecule has 0 fully saturated rings. The third-order valence-electron chi connectivity index (χ3n) is 5.18. The van der Waals surface area contributed by atoms with Gasteiger partial charge in [-0.25, -0.2) is 0 Å². The van der Waals surface area contributed by atoms with Gasteiger partial charge in [-0.3, -0.25) is 4.79 Å². The lowest BCUT2D eigenvalue weighted by molar-refractivity contribution is -0.122. The quantitative estimate of drug-likeness (QED) is 0.413. The third-order valence-corrected chi connectivity index (χ3v) is 6.27. The Morgan fingerprint density at radius 3 is 2.43 bits per heavy atom. The summed E-state index contributed by atoms with van der Waals surface area (Å²) in [7, 11) is 0. The number of anilines is 1. The van der Waals surface area contributed by atoms with Crippen molar-refractivity contribution in [3.63, 3.8) is 0 Å². The van der Waals surface area contributed by atoms with Crippen molar-refractivity contribution in [1.29, 1.82) is 0 Å². The van der Waals surface area contributed by atoms with Crippen LogP contribution in [0.3, 0.4) is 0 Å². The van der Waals surface area contributed by atoms with Crippen LogP contribution < -0.4 is 10.1 Å². The van der Waals surface area contributed by atoms with Gasteiger partial charge in [0.1, 0.15) is 5.75 Å². The van der Waals surface area contributed by atoms with Crippen molar-refractivity contribution in [2.24, 2.45) is 0 Å². The highest BCUT2D eigenvalue weighted by Crippen LogP contribution is 2.26. The average Bonchev–Trinajstić information content (AvgIpc) is 2.75. The Kier molecular flexibility index (Phi) is 7.58. The summed E-state index contributed by atoms with van der Waals surface area (Å²) < 4.78 is 6.05. The number of aryl methyl sites for hydroxylation is 2. The van der Waals surface area contributed by atoms with Crippen LogP contribution >= 0.6 is 11.8 Å². The molecule has 0 aromatic heterocycles. The fourth-order valence-electron chi connectivity index (χ4n) is 3.18. The minimum atomic E-state index is -0.529. The van der Waals surface area contributed by atoms with Crippen LogP contribution in [-0.2, 0) is 10.5 Å². The molecule has 0 aliphatic heterocycles. The molecule has 0 spiro atoms. The van der Waals surface area contributed by atoms with E-state index in [0.29, 0.717) is 6.42 Å². The maximum atomic E-state index is 12.9. The molecular formula is C26H29NO2S. The summed E-state index contributed by atoms with van der Waals surface area (Å²) in [4.78, 5) is 14.1. The van der Waals surface area contributed by atoms with Gasteiger partial charge in [0.15, 0.2) is 6.10 Å². The smallest absolute Gasteiger partial charge is 0.265 e. The van der Waals surface area contributed by atoms with E-state index in [9.17, 15) is 4.79 Å². The number of hydrogen-bond donors (Lipinski definition) is 1. The SMILES string of the molecule is CC[C@H](Oc1cccc(C)c1C)C(=O)Nc1ccc(CSc2ccccc2)cc1C. The van der Waals surface area contributed by atoms with Crippen molar-refractivity contribution in [3.8, 4) is 5.75 Å². The molecule has 0 saturated carbocycles. The largest absolute Gasteiger partial charge is 0.480 e. The summed E-state index contributed by atoms with van der Waals surface area (Å²) in [5.41, 5.74) is 5.34. The molecule has 0 bridgehead atoms. The first kappa shape index (κ1) is 22.0. The second kappa shape index (κ2) is 10.4. The summed E-state index contributed by atoms with van der Waals surface area (Å²) in [6, 6.07) is 22.5. The summed E-state index contributed by atoms with van der Waals surface area (Å²) in [6.07, 6.45) is 0.0718. The molecule has 30 heavy (non-hydrogen) atoms. The molecule has 1 amide bonds. The molecule has 0 heterocycles. The van der Waals surface area contributed by atoms with Crippen molar-refractivity contribution in [3.05, 3.63) is 89.0 Å². The molecule has 0 saturated heterocycles. The zero-order valence-corrected chi connectivity index (χ0v) is 18.9. The number of rotatable bonds is 8. The lowest BCUT2D eigenvalue weighted by atomic mass is 10.1. The fraction of sp³-hybridized carbons (Fsp3) is 0.269. The fourth-order valence-corrected chi connectivity index (χ4v) is 4.04. The van der Waals surface area contributed by atoms with Gasteiger partial charge in [0.2, 0.25) is 0 Å². The van der Waals surface area contributed by atoms with E-state index in [0.717, 1.165) is 33.9 Å². The molecule has 4 heteroatoms. The standard InChI is InChI=1S/C26H29NO2S/c1-5-24(29-25-13-9-10-18(2)20(25)4)26(28)27-23-15-14-21(16-19(23)3)17-30-22-11-7-6-8-12-22/h6-16,24H,5,17H2,1-4H3,(H,27,28)/t24-/m0/s1. The topological polar surface area (TPSA) is 38.3 Å². The summed E-state index contributed by atoms with van der Waals surface area (Å²) in [5.74, 6) is 1.54. The van der Waals surface area contributed by atoms with Gasteiger partial charge in [0.05, 0.1) is 0 Å². The lowest BCUT2D eigenvalue weighted by Gasteiger charge is -2.20. The minimum absolute atomic E-state index is 0.118. The summed E-state index contributed by atoms with van der Waals surface area (Å²) in [6.45, 7) is 8.06. The van der Waals surface area contributed by atoms with Crippen molar-refractivity contribution >= 4 is 23.4 Å². The van der Waals surface area contributed by atoms with E-state index < -0.39 is 6.10 Å². The van der Waals surface area contributed by atoms with Crippen molar-refractivity contribution in [1.82, 2.24) is 0 Å². The van der Waals surface area contributed by atoms with Crippen LogP contribution in [0.15, 0.2) is 71.6 Å². The van der Waals surface area contributed by atoms with E-state index in [1.807, 2.05) is 58.0 Å². The highest BCUT2D eigenvalue weighted by atomic mass is 32.2. The highest BCUT2D eigenvalue weighted by molar-refractivity contribution is 7.98. The highest BCUT2D eigenvalue weighted by Gasteiger charge is 2.20.